The second-order valence-corrected chi connectivity index (χ2v) is 3.56. The van der Waals surface area contributed by atoms with Gasteiger partial charge in [0.05, 0.1) is 12.2 Å². The van der Waals surface area contributed by atoms with E-state index in [0.717, 1.165) is 0 Å². The predicted molar refractivity (Wildman–Crippen MR) is 61.6 cm³/mol. The average Bonchev–Trinajstić information content (AvgIpc) is 2.33. The Morgan fingerprint density at radius 2 is 2.11 bits per heavy atom. The van der Waals surface area contributed by atoms with E-state index in [9.17, 15) is 14.4 Å². The van der Waals surface area contributed by atoms with E-state index in [0.29, 0.717) is 5.69 Å². The third kappa shape index (κ3) is 2.51. The number of aromatic nitrogens is 3. The number of hydrogen-bond acceptors (Lipinski definition) is 4. The SMILES string of the molecule is O=C(O)c1cccc(Cn2ccc(=O)[nH]c2=O)n1. The fourth-order valence-corrected chi connectivity index (χ4v) is 1.43. The van der Waals surface area contributed by atoms with Gasteiger partial charge in [-0.15, -0.1) is 0 Å². The number of H-pyrrole nitrogens is 1. The number of nitrogens with zero attached hydrogens (tertiary/aromatic N) is 2. The number of hydrogen-bond donors (Lipinski definition) is 2. The van der Waals surface area contributed by atoms with Crippen molar-refractivity contribution in [1.29, 1.82) is 0 Å². The number of nitrogens with one attached hydrogen (secondary N) is 1. The van der Waals surface area contributed by atoms with Crippen LogP contribution in [0.4, 0.5) is 0 Å². The average molecular weight is 247 g/mol. The summed E-state index contributed by atoms with van der Waals surface area (Å²) in [5.74, 6) is -1.13. The summed E-state index contributed by atoms with van der Waals surface area (Å²) in [6.45, 7) is 0.0940. The van der Waals surface area contributed by atoms with Crippen LogP contribution in [0.2, 0.25) is 0 Å². The summed E-state index contributed by atoms with van der Waals surface area (Å²) in [5.41, 5.74) is -0.720. The molecule has 0 bridgehead atoms. The van der Waals surface area contributed by atoms with Crippen molar-refractivity contribution in [3.8, 4) is 0 Å². The highest BCUT2D eigenvalue weighted by molar-refractivity contribution is 5.85. The Hall–Kier alpha value is -2.70. The van der Waals surface area contributed by atoms with Crippen LogP contribution in [0.15, 0.2) is 40.1 Å². The van der Waals surface area contributed by atoms with Crippen LogP contribution in [0.3, 0.4) is 0 Å². The first-order valence-corrected chi connectivity index (χ1v) is 5.05. The molecule has 0 atom stereocenters. The van der Waals surface area contributed by atoms with E-state index in [-0.39, 0.29) is 12.2 Å². The summed E-state index contributed by atoms with van der Waals surface area (Å²) < 4.78 is 1.23. The van der Waals surface area contributed by atoms with Gasteiger partial charge in [0.25, 0.3) is 5.56 Å². The molecule has 0 amide bonds. The van der Waals surface area contributed by atoms with Crippen LogP contribution in [0.5, 0.6) is 0 Å². The lowest BCUT2D eigenvalue weighted by Gasteiger charge is -2.04. The Kier molecular flexibility index (Phi) is 3.05. The normalized spacial score (nSPS) is 10.2. The monoisotopic (exact) mass is 247 g/mol. The number of rotatable bonds is 3. The Balaban J connectivity index is 2.34. The van der Waals surface area contributed by atoms with Crippen molar-refractivity contribution in [2.75, 3.05) is 0 Å². The van der Waals surface area contributed by atoms with Crippen molar-refractivity contribution >= 4 is 5.97 Å². The summed E-state index contributed by atoms with van der Waals surface area (Å²) in [7, 11) is 0. The zero-order valence-electron chi connectivity index (χ0n) is 9.16. The molecular weight excluding hydrogens is 238 g/mol. The van der Waals surface area contributed by atoms with Gasteiger partial charge in [0, 0.05) is 12.3 Å². The summed E-state index contributed by atoms with van der Waals surface area (Å²) >= 11 is 0. The van der Waals surface area contributed by atoms with E-state index in [1.54, 1.807) is 12.1 Å². The van der Waals surface area contributed by atoms with E-state index < -0.39 is 17.2 Å². The van der Waals surface area contributed by atoms with Crippen molar-refractivity contribution in [3.05, 3.63) is 62.7 Å². The number of aromatic amines is 1. The predicted octanol–water partition coefficient (Wildman–Crippen LogP) is -0.322. The Labute approximate surface area is 100 Å². The fourth-order valence-electron chi connectivity index (χ4n) is 1.43. The lowest BCUT2D eigenvalue weighted by atomic mass is 10.3. The van der Waals surface area contributed by atoms with E-state index in [4.69, 9.17) is 5.11 Å². The van der Waals surface area contributed by atoms with Gasteiger partial charge in [0.15, 0.2) is 0 Å². The van der Waals surface area contributed by atoms with Gasteiger partial charge in [0.1, 0.15) is 5.69 Å². The molecule has 7 nitrogen and oxygen atoms in total. The maximum absolute atomic E-state index is 11.4. The quantitative estimate of drug-likeness (QED) is 0.773. The summed E-state index contributed by atoms with van der Waals surface area (Å²) in [6.07, 6.45) is 1.33. The number of carboxylic acids is 1. The summed E-state index contributed by atoms with van der Waals surface area (Å²) in [4.78, 5) is 39.0. The van der Waals surface area contributed by atoms with Crippen molar-refractivity contribution < 1.29 is 9.90 Å². The van der Waals surface area contributed by atoms with Crippen LogP contribution < -0.4 is 11.2 Å². The zero-order valence-corrected chi connectivity index (χ0v) is 9.16. The molecule has 0 radical (unpaired) electrons. The van der Waals surface area contributed by atoms with Crippen molar-refractivity contribution in [1.82, 2.24) is 14.5 Å². The standard InChI is InChI=1S/C11H9N3O4/c15-9-4-5-14(11(18)13-9)6-7-2-1-3-8(12-7)10(16)17/h1-5H,6H2,(H,16,17)(H,13,15,18). The van der Waals surface area contributed by atoms with Crippen LogP contribution in [0, 0.1) is 0 Å². The van der Waals surface area contributed by atoms with Gasteiger partial charge >= 0.3 is 11.7 Å². The first-order valence-electron chi connectivity index (χ1n) is 5.05. The van der Waals surface area contributed by atoms with Crippen LogP contribution in [0.1, 0.15) is 16.2 Å². The van der Waals surface area contributed by atoms with Gasteiger partial charge in [0.2, 0.25) is 0 Å². The van der Waals surface area contributed by atoms with E-state index >= 15 is 0 Å². The fraction of sp³-hybridized carbons (Fsp3) is 0.0909. The first kappa shape index (κ1) is 11.8. The molecule has 0 aliphatic heterocycles. The molecule has 0 fully saturated rings. The summed E-state index contributed by atoms with van der Waals surface area (Å²) in [5, 5.41) is 8.79. The van der Waals surface area contributed by atoms with Crippen molar-refractivity contribution in [2.24, 2.45) is 0 Å². The van der Waals surface area contributed by atoms with Crippen LogP contribution in [0.25, 0.3) is 0 Å². The minimum Gasteiger partial charge on any atom is -0.477 e. The smallest absolute Gasteiger partial charge is 0.354 e. The summed E-state index contributed by atoms with van der Waals surface area (Å²) in [6, 6.07) is 5.72. The molecule has 0 spiro atoms. The van der Waals surface area contributed by atoms with Gasteiger partial charge in [-0.05, 0) is 12.1 Å². The molecule has 0 saturated carbocycles. The highest BCUT2D eigenvalue weighted by atomic mass is 16.4. The minimum absolute atomic E-state index is 0.0926. The molecule has 7 heteroatoms. The molecule has 2 rings (SSSR count). The molecule has 0 aromatic carbocycles. The molecule has 18 heavy (non-hydrogen) atoms. The third-order valence-corrected chi connectivity index (χ3v) is 2.26. The molecule has 2 heterocycles. The van der Waals surface area contributed by atoms with Crippen LogP contribution in [-0.4, -0.2) is 25.6 Å². The van der Waals surface area contributed by atoms with E-state index in [1.807, 2.05) is 0 Å². The Bertz CT molecular complexity index is 702. The van der Waals surface area contributed by atoms with Gasteiger partial charge in [-0.25, -0.2) is 14.6 Å². The van der Waals surface area contributed by atoms with Gasteiger partial charge < -0.3 is 5.11 Å². The minimum atomic E-state index is -1.13. The van der Waals surface area contributed by atoms with Crippen LogP contribution >= 0.6 is 0 Å². The van der Waals surface area contributed by atoms with Crippen molar-refractivity contribution in [3.63, 3.8) is 0 Å². The van der Waals surface area contributed by atoms with Crippen LogP contribution in [-0.2, 0) is 6.54 Å². The second-order valence-electron chi connectivity index (χ2n) is 3.56. The highest BCUT2D eigenvalue weighted by Gasteiger charge is 2.06. The highest BCUT2D eigenvalue weighted by Crippen LogP contribution is 2.00. The zero-order chi connectivity index (χ0) is 13.1. The van der Waals surface area contributed by atoms with E-state index in [2.05, 4.69) is 9.97 Å². The molecule has 2 aromatic heterocycles. The van der Waals surface area contributed by atoms with Gasteiger partial charge in [-0.3, -0.25) is 14.3 Å². The molecule has 2 N–H and O–H groups in total. The van der Waals surface area contributed by atoms with Gasteiger partial charge in [-0.2, -0.15) is 0 Å². The lowest BCUT2D eigenvalue weighted by molar-refractivity contribution is 0.0690. The molecule has 2 aromatic rings. The van der Waals surface area contributed by atoms with Crippen molar-refractivity contribution in [2.45, 2.75) is 6.54 Å². The Morgan fingerprint density at radius 1 is 1.33 bits per heavy atom. The number of pyridine rings is 1. The second kappa shape index (κ2) is 4.66. The first-order chi connectivity index (χ1) is 8.56. The molecule has 0 aliphatic carbocycles. The number of carbonyl (C=O) groups is 1. The van der Waals surface area contributed by atoms with Gasteiger partial charge in [-0.1, -0.05) is 6.07 Å². The van der Waals surface area contributed by atoms with E-state index in [1.165, 1.54) is 22.9 Å². The lowest BCUT2D eigenvalue weighted by Crippen LogP contribution is -2.29. The maximum atomic E-state index is 11.4. The number of aromatic carboxylic acids is 1. The maximum Gasteiger partial charge on any atom is 0.354 e. The third-order valence-electron chi connectivity index (χ3n) is 2.26. The topological polar surface area (TPSA) is 105 Å². The number of carboxylic acid groups (broad SMARTS) is 1. The molecule has 0 saturated heterocycles. The largest absolute Gasteiger partial charge is 0.477 e. The molecule has 92 valence electrons. The molecular formula is C11H9N3O4. The Morgan fingerprint density at radius 3 is 2.78 bits per heavy atom. The molecule has 0 unspecified atom stereocenters. The molecule has 0 aliphatic rings.